The van der Waals surface area contributed by atoms with Gasteiger partial charge in [0.1, 0.15) is 6.10 Å². The molecule has 0 amide bonds. The van der Waals surface area contributed by atoms with Crippen molar-refractivity contribution in [3.8, 4) is 0 Å². The average molecular weight is 332 g/mol. The Hall–Kier alpha value is -0.000000000000000111. The van der Waals surface area contributed by atoms with Crippen molar-refractivity contribution in [3.63, 3.8) is 0 Å². The minimum absolute atomic E-state index is 0.299. The number of hydrogen-bond acceptors (Lipinski definition) is 3. The molecule has 0 aliphatic rings. The molecule has 0 bridgehead atoms. The first-order valence-corrected chi connectivity index (χ1v) is 8.12. The number of benzene rings is 1. The van der Waals surface area contributed by atoms with E-state index in [4.69, 9.17) is 39.0 Å². The third-order valence-electron chi connectivity index (χ3n) is 2.19. The van der Waals surface area contributed by atoms with Gasteiger partial charge in [0.25, 0.3) is 10.1 Å². The zero-order chi connectivity index (χ0) is 13.8. The fourth-order valence-corrected chi connectivity index (χ4v) is 2.70. The molecule has 0 heterocycles. The Morgan fingerprint density at radius 3 is 2.22 bits per heavy atom. The third kappa shape index (κ3) is 6.25. The van der Waals surface area contributed by atoms with Crippen LogP contribution < -0.4 is 0 Å². The molecule has 0 aliphatic heterocycles. The molecule has 1 aromatic rings. The van der Waals surface area contributed by atoms with Gasteiger partial charge in [-0.05, 0) is 18.4 Å². The van der Waals surface area contributed by atoms with Crippen molar-refractivity contribution >= 4 is 44.9 Å². The Morgan fingerprint density at radius 2 is 1.78 bits per heavy atom. The predicted octanol–water partition coefficient (Wildman–Crippen LogP) is 3.33. The zero-order valence-corrected chi connectivity index (χ0v) is 12.7. The summed E-state index contributed by atoms with van der Waals surface area (Å²) in [6.07, 6.45) is 0.791. The van der Waals surface area contributed by atoms with Gasteiger partial charge in [-0.15, -0.1) is 0 Å². The van der Waals surface area contributed by atoms with Crippen LogP contribution in [0.1, 0.15) is 12.0 Å². The van der Waals surface area contributed by atoms with Crippen molar-refractivity contribution in [1.29, 1.82) is 0 Å². The summed E-state index contributed by atoms with van der Waals surface area (Å²) in [4.78, 5) is 0. The van der Waals surface area contributed by atoms with E-state index >= 15 is 0 Å². The van der Waals surface area contributed by atoms with Crippen LogP contribution in [0.25, 0.3) is 0 Å². The van der Waals surface area contributed by atoms with Gasteiger partial charge in [-0.2, -0.15) is 8.42 Å². The van der Waals surface area contributed by atoms with Crippen molar-refractivity contribution in [3.05, 3.63) is 35.9 Å². The zero-order valence-electron chi connectivity index (χ0n) is 9.65. The van der Waals surface area contributed by atoms with Gasteiger partial charge in [0.15, 0.2) is 0 Å². The van der Waals surface area contributed by atoms with Crippen LogP contribution in [-0.4, -0.2) is 24.6 Å². The lowest BCUT2D eigenvalue weighted by atomic mass is 10.1. The average Bonchev–Trinajstić information content (AvgIpc) is 2.22. The molecular weight excluding hydrogens is 319 g/mol. The highest BCUT2D eigenvalue weighted by Gasteiger charge is 2.35. The molecule has 0 radical (unpaired) electrons. The predicted molar refractivity (Wildman–Crippen MR) is 74.8 cm³/mol. The number of rotatable bonds is 5. The molecule has 1 rings (SSSR count). The van der Waals surface area contributed by atoms with Crippen LogP contribution in [0.3, 0.4) is 0 Å². The molecule has 1 atom stereocenters. The first kappa shape index (κ1) is 16.1. The van der Waals surface area contributed by atoms with E-state index in [1.165, 1.54) is 0 Å². The molecule has 0 fully saturated rings. The molecule has 1 unspecified atom stereocenters. The van der Waals surface area contributed by atoms with Crippen molar-refractivity contribution in [2.75, 3.05) is 6.26 Å². The maximum Gasteiger partial charge on any atom is 0.264 e. The second-order valence-electron chi connectivity index (χ2n) is 3.85. The summed E-state index contributed by atoms with van der Waals surface area (Å²) in [5.74, 6) is 0. The fraction of sp³-hybridized carbons (Fsp3) is 0.455. The molecule has 7 heteroatoms. The van der Waals surface area contributed by atoms with E-state index in [2.05, 4.69) is 0 Å². The number of alkyl halides is 3. The molecule has 0 saturated carbocycles. The van der Waals surface area contributed by atoms with Gasteiger partial charge in [0.2, 0.25) is 3.79 Å². The van der Waals surface area contributed by atoms with E-state index < -0.39 is 20.0 Å². The Morgan fingerprint density at radius 1 is 1.22 bits per heavy atom. The lowest BCUT2D eigenvalue weighted by molar-refractivity contribution is 0.205. The molecule has 0 aromatic heterocycles. The Labute approximate surface area is 122 Å². The van der Waals surface area contributed by atoms with E-state index in [9.17, 15) is 8.42 Å². The summed E-state index contributed by atoms with van der Waals surface area (Å²) in [5.41, 5.74) is 1.02. The maximum absolute atomic E-state index is 11.1. The molecule has 1 aromatic carbocycles. The summed E-state index contributed by atoms with van der Waals surface area (Å²) < 4.78 is 25.2. The lowest BCUT2D eigenvalue weighted by Gasteiger charge is -2.23. The van der Waals surface area contributed by atoms with Crippen LogP contribution in [0.15, 0.2) is 30.3 Å². The molecule has 18 heavy (non-hydrogen) atoms. The second kappa shape index (κ2) is 6.44. The highest BCUT2D eigenvalue weighted by Crippen LogP contribution is 2.35. The van der Waals surface area contributed by atoms with Gasteiger partial charge in [-0.3, -0.25) is 4.18 Å². The summed E-state index contributed by atoms with van der Waals surface area (Å²) in [6, 6.07) is 9.49. The van der Waals surface area contributed by atoms with E-state index in [-0.39, 0.29) is 0 Å². The van der Waals surface area contributed by atoms with Crippen LogP contribution in [0, 0.1) is 0 Å². The third-order valence-corrected chi connectivity index (χ3v) is 3.51. The standard InChI is InChI=1S/C11H13Cl3O3S/c1-18(15,16)17-10(11(12,13)14)8-7-9-5-3-2-4-6-9/h2-6,10H,7-8H2,1H3. The van der Waals surface area contributed by atoms with Gasteiger partial charge >= 0.3 is 0 Å². The van der Waals surface area contributed by atoms with Gasteiger partial charge in [0, 0.05) is 0 Å². The Balaban J connectivity index is 2.69. The van der Waals surface area contributed by atoms with Crippen molar-refractivity contribution in [1.82, 2.24) is 0 Å². The number of hydrogen-bond donors (Lipinski definition) is 0. The summed E-state index contributed by atoms with van der Waals surface area (Å²) in [5, 5.41) is 0. The molecule has 0 aliphatic carbocycles. The second-order valence-corrected chi connectivity index (χ2v) is 7.82. The SMILES string of the molecule is CS(=O)(=O)OC(CCc1ccccc1)C(Cl)(Cl)Cl. The quantitative estimate of drug-likeness (QED) is 0.614. The van der Waals surface area contributed by atoms with Gasteiger partial charge in [-0.1, -0.05) is 65.1 Å². The highest BCUT2D eigenvalue weighted by atomic mass is 35.6. The largest absolute Gasteiger partial charge is 0.264 e. The number of aryl methyl sites for hydroxylation is 1. The monoisotopic (exact) mass is 330 g/mol. The van der Waals surface area contributed by atoms with Gasteiger partial charge in [0.05, 0.1) is 6.26 Å². The van der Waals surface area contributed by atoms with E-state index in [0.717, 1.165) is 11.8 Å². The van der Waals surface area contributed by atoms with Gasteiger partial charge in [-0.25, -0.2) is 0 Å². The normalized spacial score (nSPS) is 14.4. The number of halogens is 3. The summed E-state index contributed by atoms with van der Waals surface area (Å²) in [7, 11) is -3.66. The summed E-state index contributed by atoms with van der Waals surface area (Å²) in [6.45, 7) is 0. The van der Waals surface area contributed by atoms with Crippen molar-refractivity contribution in [2.24, 2.45) is 0 Å². The molecule has 0 N–H and O–H groups in total. The molecule has 102 valence electrons. The molecule has 0 spiro atoms. The Bertz CT molecular complexity index is 468. The van der Waals surface area contributed by atoms with Gasteiger partial charge < -0.3 is 0 Å². The molecule has 3 nitrogen and oxygen atoms in total. The topological polar surface area (TPSA) is 43.4 Å². The van der Waals surface area contributed by atoms with E-state index in [0.29, 0.717) is 12.8 Å². The summed E-state index contributed by atoms with van der Waals surface area (Å²) >= 11 is 17.1. The lowest BCUT2D eigenvalue weighted by Crippen LogP contribution is -2.31. The van der Waals surface area contributed by atoms with Crippen LogP contribution in [0.2, 0.25) is 0 Å². The Kier molecular flexibility index (Phi) is 5.74. The first-order valence-electron chi connectivity index (χ1n) is 5.17. The minimum Gasteiger partial charge on any atom is -0.262 e. The minimum atomic E-state index is -3.66. The first-order chi connectivity index (χ1) is 8.18. The van der Waals surface area contributed by atoms with Crippen molar-refractivity contribution in [2.45, 2.75) is 22.7 Å². The van der Waals surface area contributed by atoms with Crippen LogP contribution in [-0.2, 0) is 20.7 Å². The smallest absolute Gasteiger partial charge is 0.262 e. The van der Waals surface area contributed by atoms with Crippen molar-refractivity contribution < 1.29 is 12.6 Å². The fourth-order valence-electron chi connectivity index (χ4n) is 1.42. The molecular formula is C11H13Cl3O3S. The van der Waals surface area contributed by atoms with Crippen LogP contribution >= 0.6 is 34.8 Å². The highest BCUT2D eigenvalue weighted by molar-refractivity contribution is 7.86. The van der Waals surface area contributed by atoms with Crippen LogP contribution in [0.5, 0.6) is 0 Å². The van der Waals surface area contributed by atoms with Crippen LogP contribution in [0.4, 0.5) is 0 Å². The molecule has 0 saturated heterocycles. The van der Waals surface area contributed by atoms with E-state index in [1.807, 2.05) is 30.3 Å². The van der Waals surface area contributed by atoms with E-state index in [1.54, 1.807) is 0 Å². The maximum atomic E-state index is 11.1.